The monoisotopic (exact) mass is 364 g/mol. The van der Waals surface area contributed by atoms with Crippen molar-refractivity contribution >= 4 is 22.4 Å². The van der Waals surface area contributed by atoms with Gasteiger partial charge in [0.05, 0.1) is 23.1 Å². The minimum absolute atomic E-state index is 0.00266. The summed E-state index contributed by atoms with van der Waals surface area (Å²) in [5.74, 6) is 0.00266. The first kappa shape index (κ1) is 16.5. The van der Waals surface area contributed by atoms with Gasteiger partial charge in [0.25, 0.3) is 0 Å². The second-order valence-electron chi connectivity index (χ2n) is 6.29. The first-order valence-electron chi connectivity index (χ1n) is 8.36. The number of amides is 1. The van der Waals surface area contributed by atoms with Crippen LogP contribution in [-0.2, 0) is 4.79 Å². The molecule has 0 saturated carbocycles. The summed E-state index contributed by atoms with van der Waals surface area (Å²) in [4.78, 5) is 23.8. The van der Waals surface area contributed by atoms with Crippen LogP contribution in [0.25, 0.3) is 10.4 Å². The summed E-state index contributed by atoms with van der Waals surface area (Å²) in [7, 11) is 0. The smallest absolute Gasteiger partial charge is 0.248 e. The van der Waals surface area contributed by atoms with E-state index in [-0.39, 0.29) is 11.9 Å². The van der Waals surface area contributed by atoms with Crippen LogP contribution in [0.3, 0.4) is 0 Å². The molecule has 0 spiro atoms. The third kappa shape index (κ3) is 2.90. The van der Waals surface area contributed by atoms with E-state index in [1.807, 2.05) is 18.2 Å². The van der Waals surface area contributed by atoms with Gasteiger partial charge in [-0.15, -0.1) is 0 Å². The average Bonchev–Trinajstić information content (AvgIpc) is 3.18. The van der Waals surface area contributed by atoms with Gasteiger partial charge in [-0.05, 0) is 17.7 Å². The lowest BCUT2D eigenvalue weighted by molar-refractivity contribution is -0.127. The lowest BCUT2D eigenvalue weighted by Crippen LogP contribution is -2.64. The molecule has 2 aliphatic heterocycles. The van der Waals surface area contributed by atoms with E-state index in [0.717, 1.165) is 23.5 Å². The fourth-order valence-corrected chi connectivity index (χ4v) is 4.33. The Morgan fingerprint density at radius 3 is 2.85 bits per heavy atom. The molecule has 2 fully saturated rings. The lowest BCUT2D eigenvalue weighted by Gasteiger charge is -2.44. The predicted molar refractivity (Wildman–Crippen MR) is 97.2 cm³/mol. The summed E-state index contributed by atoms with van der Waals surface area (Å²) in [5.41, 5.74) is 1.52. The number of thiazole rings is 1. The fourth-order valence-electron chi connectivity index (χ4n) is 3.39. The van der Waals surface area contributed by atoms with Crippen molar-refractivity contribution in [1.82, 2.24) is 14.8 Å². The fraction of sp³-hybridized carbons (Fsp3) is 0.333. The van der Waals surface area contributed by atoms with Crippen LogP contribution in [0.15, 0.2) is 30.5 Å². The summed E-state index contributed by atoms with van der Waals surface area (Å²) >= 11 is 1.45. The Bertz CT molecular complexity index is 926. The van der Waals surface area contributed by atoms with Gasteiger partial charge in [-0.3, -0.25) is 14.6 Å². The van der Waals surface area contributed by atoms with Gasteiger partial charge >= 0.3 is 0 Å². The third-order valence-corrected chi connectivity index (χ3v) is 5.86. The summed E-state index contributed by atoms with van der Waals surface area (Å²) in [6, 6.07) is 9.21. The molecular formula is C18H16N6OS. The van der Waals surface area contributed by atoms with Crippen LogP contribution in [0.5, 0.6) is 0 Å². The highest BCUT2D eigenvalue weighted by molar-refractivity contribution is 7.19. The standard InChI is InChI=1S/C18H16N6OS/c19-9-13-2-1-3-14(8-13)16-10-21-18(26-16)24-7-6-23-5-4-22(12-20)11-15(23)17(24)25/h1-3,8,10,15H,4-7,11H2/t15-/m1/s1. The minimum Gasteiger partial charge on any atom is -0.307 e. The Hall–Kier alpha value is -2.94. The first-order valence-corrected chi connectivity index (χ1v) is 9.18. The highest BCUT2D eigenvalue weighted by Gasteiger charge is 2.39. The van der Waals surface area contributed by atoms with Crippen LogP contribution in [-0.4, -0.2) is 59.5 Å². The molecule has 2 aromatic rings. The second kappa shape index (κ2) is 6.75. The number of anilines is 1. The molecule has 0 bridgehead atoms. The quantitative estimate of drug-likeness (QED) is 0.751. The van der Waals surface area contributed by atoms with Gasteiger partial charge in [-0.1, -0.05) is 23.5 Å². The van der Waals surface area contributed by atoms with Gasteiger partial charge < -0.3 is 4.90 Å². The molecule has 8 heteroatoms. The predicted octanol–water partition coefficient (Wildman–Crippen LogP) is 1.50. The number of piperazine rings is 2. The molecule has 7 nitrogen and oxygen atoms in total. The van der Waals surface area contributed by atoms with Gasteiger partial charge in [0.15, 0.2) is 11.3 Å². The van der Waals surface area contributed by atoms with Gasteiger partial charge in [0.1, 0.15) is 6.04 Å². The number of nitrogens with zero attached hydrogens (tertiary/aromatic N) is 6. The molecule has 0 aliphatic carbocycles. The Balaban J connectivity index is 1.57. The van der Waals surface area contributed by atoms with Crippen molar-refractivity contribution in [1.29, 1.82) is 10.5 Å². The number of nitriles is 2. The van der Waals surface area contributed by atoms with Crippen molar-refractivity contribution in [3.8, 4) is 22.7 Å². The molecule has 3 heterocycles. The van der Waals surface area contributed by atoms with Crippen molar-refractivity contribution in [3.63, 3.8) is 0 Å². The summed E-state index contributed by atoms with van der Waals surface area (Å²) in [6.07, 6.45) is 3.89. The number of rotatable bonds is 2. The number of carbonyl (C=O) groups excluding carboxylic acids is 1. The highest BCUT2D eigenvalue weighted by atomic mass is 32.1. The van der Waals surface area contributed by atoms with E-state index in [4.69, 9.17) is 10.5 Å². The SMILES string of the molecule is N#Cc1cccc(-c2cnc(N3CCN4CCN(C#N)C[C@@H]4C3=O)s2)c1. The van der Waals surface area contributed by atoms with Crippen LogP contribution in [0.4, 0.5) is 5.13 Å². The number of hydrogen-bond acceptors (Lipinski definition) is 7. The van der Waals surface area contributed by atoms with E-state index in [1.54, 1.807) is 22.1 Å². The number of hydrogen-bond donors (Lipinski definition) is 0. The van der Waals surface area contributed by atoms with Crippen molar-refractivity contribution in [2.24, 2.45) is 0 Å². The molecule has 26 heavy (non-hydrogen) atoms. The first-order chi connectivity index (χ1) is 12.7. The zero-order chi connectivity index (χ0) is 18.1. The summed E-state index contributed by atoms with van der Waals surface area (Å²) < 4.78 is 0. The molecule has 130 valence electrons. The number of fused-ring (bicyclic) bond motifs is 1. The van der Waals surface area contributed by atoms with E-state index < -0.39 is 0 Å². The van der Waals surface area contributed by atoms with Crippen LogP contribution in [0, 0.1) is 22.8 Å². The maximum absolute atomic E-state index is 12.9. The summed E-state index contributed by atoms with van der Waals surface area (Å²) in [6.45, 7) is 3.24. The molecule has 0 N–H and O–H groups in total. The normalized spacial score (nSPS) is 20.4. The van der Waals surface area contributed by atoms with Crippen molar-refractivity contribution in [2.45, 2.75) is 6.04 Å². The molecule has 0 radical (unpaired) electrons. The topological polar surface area (TPSA) is 87.3 Å². The maximum Gasteiger partial charge on any atom is 0.248 e. The van der Waals surface area contributed by atoms with Crippen LogP contribution in [0.1, 0.15) is 5.56 Å². The van der Waals surface area contributed by atoms with Crippen LogP contribution in [0.2, 0.25) is 0 Å². The number of benzene rings is 1. The average molecular weight is 364 g/mol. The molecule has 2 saturated heterocycles. The van der Waals surface area contributed by atoms with E-state index in [2.05, 4.69) is 22.1 Å². The van der Waals surface area contributed by atoms with Crippen molar-refractivity contribution in [2.75, 3.05) is 37.6 Å². The second-order valence-corrected chi connectivity index (χ2v) is 7.30. The van der Waals surface area contributed by atoms with E-state index >= 15 is 0 Å². The van der Waals surface area contributed by atoms with Gasteiger partial charge in [0, 0.05) is 32.4 Å². The molecule has 4 rings (SSSR count). The molecule has 1 amide bonds. The minimum atomic E-state index is -0.286. The molecular weight excluding hydrogens is 348 g/mol. The highest BCUT2D eigenvalue weighted by Crippen LogP contribution is 2.33. The van der Waals surface area contributed by atoms with Gasteiger partial charge in [-0.25, -0.2) is 4.98 Å². The van der Waals surface area contributed by atoms with E-state index in [9.17, 15) is 4.79 Å². The van der Waals surface area contributed by atoms with E-state index in [0.29, 0.717) is 30.3 Å². The van der Waals surface area contributed by atoms with Crippen molar-refractivity contribution in [3.05, 3.63) is 36.0 Å². The summed E-state index contributed by atoms with van der Waals surface area (Å²) in [5, 5.41) is 18.8. The Morgan fingerprint density at radius 1 is 1.19 bits per heavy atom. The Morgan fingerprint density at radius 2 is 2.04 bits per heavy atom. The largest absolute Gasteiger partial charge is 0.307 e. The Labute approximate surface area is 155 Å². The lowest BCUT2D eigenvalue weighted by atomic mass is 10.1. The van der Waals surface area contributed by atoms with Gasteiger partial charge in [-0.2, -0.15) is 10.5 Å². The zero-order valence-corrected chi connectivity index (χ0v) is 14.8. The van der Waals surface area contributed by atoms with Crippen LogP contribution < -0.4 is 4.90 Å². The molecule has 1 aromatic carbocycles. The maximum atomic E-state index is 12.9. The zero-order valence-electron chi connectivity index (χ0n) is 14.0. The van der Waals surface area contributed by atoms with E-state index in [1.165, 1.54) is 11.3 Å². The number of carbonyl (C=O) groups is 1. The molecule has 0 unspecified atom stereocenters. The molecule has 1 aromatic heterocycles. The Kier molecular flexibility index (Phi) is 4.29. The van der Waals surface area contributed by atoms with Crippen LogP contribution >= 0.6 is 11.3 Å². The molecule has 1 atom stereocenters. The number of aromatic nitrogens is 1. The molecule has 2 aliphatic rings. The van der Waals surface area contributed by atoms with Crippen molar-refractivity contribution < 1.29 is 4.79 Å². The third-order valence-electron chi connectivity index (χ3n) is 4.80. The van der Waals surface area contributed by atoms with Gasteiger partial charge in [0.2, 0.25) is 5.91 Å².